The molecule has 1 atom stereocenters. The fraction of sp³-hybridized carbons (Fsp3) is 0.917. The number of hydrogen-bond donors (Lipinski definition) is 1. The number of amides is 2. The molecule has 6 nitrogen and oxygen atoms in total. The van der Waals surface area contributed by atoms with Gasteiger partial charge in [0.1, 0.15) is 0 Å². The van der Waals surface area contributed by atoms with Gasteiger partial charge in [-0.05, 0) is 12.8 Å². The molecule has 6 heteroatoms. The highest BCUT2D eigenvalue weighted by atomic mass is 16.5. The lowest BCUT2D eigenvalue weighted by Gasteiger charge is -2.23. The van der Waals surface area contributed by atoms with E-state index in [1.54, 1.807) is 19.1 Å². The quantitative estimate of drug-likeness (QED) is 0.689. The minimum absolute atomic E-state index is 0.0837. The van der Waals surface area contributed by atoms with Crippen LogP contribution in [-0.4, -0.2) is 70.7 Å². The summed E-state index contributed by atoms with van der Waals surface area (Å²) in [5.74, 6) is 0. The van der Waals surface area contributed by atoms with E-state index in [-0.39, 0.29) is 12.1 Å². The van der Waals surface area contributed by atoms with E-state index < -0.39 is 0 Å². The van der Waals surface area contributed by atoms with Gasteiger partial charge in [-0.15, -0.1) is 0 Å². The molecule has 0 saturated carbocycles. The third-order valence-electron chi connectivity index (χ3n) is 2.92. The fourth-order valence-corrected chi connectivity index (χ4v) is 1.84. The lowest BCUT2D eigenvalue weighted by atomic mass is 10.2. The van der Waals surface area contributed by atoms with Crippen LogP contribution in [0.3, 0.4) is 0 Å². The Morgan fingerprint density at radius 1 is 1.33 bits per heavy atom. The van der Waals surface area contributed by atoms with Crippen molar-refractivity contribution >= 4 is 6.03 Å². The van der Waals surface area contributed by atoms with Crippen LogP contribution in [0.2, 0.25) is 0 Å². The summed E-state index contributed by atoms with van der Waals surface area (Å²) in [6.07, 6.45) is 2.27. The molecule has 0 spiro atoms. The molecule has 18 heavy (non-hydrogen) atoms. The molecule has 0 aromatic carbocycles. The standard InChI is InChI=1S/C12H24N2O4/c1-16-8-5-14(6-9-17-2)12(15)13-10-11-4-3-7-18-11/h11H,3-10H2,1-2H3,(H,13,15). The van der Waals surface area contributed by atoms with E-state index in [0.717, 1.165) is 19.4 Å². The van der Waals surface area contributed by atoms with Crippen LogP contribution < -0.4 is 5.32 Å². The van der Waals surface area contributed by atoms with E-state index in [1.165, 1.54) is 0 Å². The molecule has 1 aliphatic heterocycles. The number of hydrogen-bond acceptors (Lipinski definition) is 4. The first-order valence-corrected chi connectivity index (χ1v) is 6.40. The topological polar surface area (TPSA) is 60.0 Å². The molecule has 1 saturated heterocycles. The van der Waals surface area contributed by atoms with Crippen molar-refractivity contribution in [1.82, 2.24) is 10.2 Å². The highest BCUT2D eigenvalue weighted by molar-refractivity contribution is 5.74. The molecule has 106 valence electrons. The third kappa shape index (κ3) is 5.66. The number of urea groups is 1. The van der Waals surface area contributed by atoms with Gasteiger partial charge < -0.3 is 24.4 Å². The van der Waals surface area contributed by atoms with Crippen molar-refractivity contribution in [3.8, 4) is 0 Å². The molecule has 0 aliphatic carbocycles. The molecular weight excluding hydrogens is 236 g/mol. The molecule has 1 fully saturated rings. The average molecular weight is 260 g/mol. The number of nitrogens with one attached hydrogen (secondary N) is 1. The first kappa shape index (κ1) is 15.2. The van der Waals surface area contributed by atoms with Gasteiger partial charge in [-0.25, -0.2) is 4.79 Å². The summed E-state index contributed by atoms with van der Waals surface area (Å²) in [6, 6.07) is -0.0837. The van der Waals surface area contributed by atoms with Crippen molar-refractivity contribution in [1.29, 1.82) is 0 Å². The molecule has 1 N–H and O–H groups in total. The molecule has 1 heterocycles. The molecule has 1 rings (SSSR count). The Kier molecular flexibility index (Phi) is 7.71. The third-order valence-corrected chi connectivity index (χ3v) is 2.92. The molecule has 0 aromatic rings. The van der Waals surface area contributed by atoms with Crippen LogP contribution in [-0.2, 0) is 14.2 Å². The lowest BCUT2D eigenvalue weighted by Crippen LogP contribution is -2.45. The second-order valence-electron chi connectivity index (χ2n) is 4.29. The van der Waals surface area contributed by atoms with E-state index in [4.69, 9.17) is 14.2 Å². The van der Waals surface area contributed by atoms with Crippen LogP contribution in [0.4, 0.5) is 4.79 Å². The normalized spacial score (nSPS) is 18.9. The Labute approximate surface area is 109 Å². The van der Waals surface area contributed by atoms with Crippen LogP contribution in [0.25, 0.3) is 0 Å². The van der Waals surface area contributed by atoms with Gasteiger partial charge >= 0.3 is 6.03 Å². The summed E-state index contributed by atoms with van der Waals surface area (Å²) in [6.45, 7) is 3.56. The molecule has 0 radical (unpaired) electrons. The van der Waals surface area contributed by atoms with Crippen LogP contribution in [0.5, 0.6) is 0 Å². The maximum atomic E-state index is 12.0. The largest absolute Gasteiger partial charge is 0.383 e. The first-order valence-electron chi connectivity index (χ1n) is 6.40. The number of carbonyl (C=O) groups excluding carboxylic acids is 1. The maximum Gasteiger partial charge on any atom is 0.317 e. The number of rotatable bonds is 8. The van der Waals surface area contributed by atoms with Gasteiger partial charge in [0.25, 0.3) is 0 Å². The van der Waals surface area contributed by atoms with E-state index in [2.05, 4.69) is 5.32 Å². The number of ether oxygens (including phenoxy) is 3. The van der Waals surface area contributed by atoms with Gasteiger partial charge in [0.2, 0.25) is 0 Å². The summed E-state index contributed by atoms with van der Waals surface area (Å²) in [7, 11) is 3.25. The summed E-state index contributed by atoms with van der Waals surface area (Å²) >= 11 is 0. The predicted octanol–water partition coefficient (Wildman–Crippen LogP) is 0.470. The molecule has 1 aliphatic rings. The SMILES string of the molecule is COCCN(CCOC)C(=O)NCC1CCCO1. The Morgan fingerprint density at radius 2 is 2.00 bits per heavy atom. The Morgan fingerprint density at radius 3 is 2.50 bits per heavy atom. The molecular formula is C12H24N2O4. The minimum atomic E-state index is -0.0837. The average Bonchev–Trinajstić information content (AvgIpc) is 2.89. The van der Waals surface area contributed by atoms with E-state index >= 15 is 0 Å². The van der Waals surface area contributed by atoms with Crippen LogP contribution >= 0.6 is 0 Å². The smallest absolute Gasteiger partial charge is 0.317 e. The maximum absolute atomic E-state index is 12.0. The number of methoxy groups -OCH3 is 2. The van der Waals surface area contributed by atoms with Crippen molar-refractivity contribution in [3.63, 3.8) is 0 Å². The van der Waals surface area contributed by atoms with Crippen LogP contribution in [0.15, 0.2) is 0 Å². The van der Waals surface area contributed by atoms with Crippen molar-refractivity contribution in [2.45, 2.75) is 18.9 Å². The van der Waals surface area contributed by atoms with Crippen molar-refractivity contribution in [3.05, 3.63) is 0 Å². The zero-order valence-electron chi connectivity index (χ0n) is 11.3. The minimum Gasteiger partial charge on any atom is -0.383 e. The zero-order valence-corrected chi connectivity index (χ0v) is 11.3. The monoisotopic (exact) mass is 260 g/mol. The zero-order chi connectivity index (χ0) is 13.2. The first-order chi connectivity index (χ1) is 8.77. The number of carbonyl (C=O) groups is 1. The van der Waals surface area contributed by atoms with Gasteiger partial charge in [-0.2, -0.15) is 0 Å². The van der Waals surface area contributed by atoms with Gasteiger partial charge in [0.15, 0.2) is 0 Å². The van der Waals surface area contributed by atoms with Gasteiger partial charge in [0.05, 0.1) is 19.3 Å². The summed E-state index contributed by atoms with van der Waals surface area (Å²) in [4.78, 5) is 13.7. The van der Waals surface area contributed by atoms with Crippen molar-refractivity contribution < 1.29 is 19.0 Å². The van der Waals surface area contributed by atoms with Gasteiger partial charge in [-0.1, -0.05) is 0 Å². The molecule has 0 aromatic heterocycles. The molecule has 1 unspecified atom stereocenters. The summed E-state index contributed by atoms with van der Waals surface area (Å²) < 4.78 is 15.4. The van der Waals surface area contributed by atoms with Gasteiger partial charge in [0, 0.05) is 40.5 Å². The fourth-order valence-electron chi connectivity index (χ4n) is 1.84. The van der Waals surface area contributed by atoms with Crippen LogP contribution in [0, 0.1) is 0 Å². The summed E-state index contributed by atoms with van der Waals surface area (Å²) in [5.41, 5.74) is 0. The second-order valence-corrected chi connectivity index (χ2v) is 4.29. The number of nitrogens with zero attached hydrogens (tertiary/aromatic N) is 1. The van der Waals surface area contributed by atoms with Crippen molar-refractivity contribution in [2.75, 3.05) is 53.7 Å². The van der Waals surface area contributed by atoms with Gasteiger partial charge in [-0.3, -0.25) is 0 Å². The van der Waals surface area contributed by atoms with E-state index in [9.17, 15) is 4.79 Å². The highest BCUT2D eigenvalue weighted by Gasteiger charge is 2.18. The van der Waals surface area contributed by atoms with Crippen molar-refractivity contribution in [2.24, 2.45) is 0 Å². The Hall–Kier alpha value is -0.850. The molecule has 0 bridgehead atoms. The molecule has 2 amide bonds. The lowest BCUT2D eigenvalue weighted by molar-refractivity contribution is 0.102. The summed E-state index contributed by atoms with van der Waals surface area (Å²) in [5, 5.41) is 2.89. The Bertz CT molecular complexity index is 224. The highest BCUT2D eigenvalue weighted by Crippen LogP contribution is 2.10. The van der Waals surface area contributed by atoms with E-state index in [0.29, 0.717) is 32.8 Å². The second kappa shape index (κ2) is 9.13. The predicted molar refractivity (Wildman–Crippen MR) is 67.7 cm³/mol. The Balaban J connectivity index is 2.27. The van der Waals surface area contributed by atoms with Crippen LogP contribution in [0.1, 0.15) is 12.8 Å². The van der Waals surface area contributed by atoms with E-state index in [1.807, 2.05) is 0 Å².